The first-order valence-corrected chi connectivity index (χ1v) is 9.73. The number of esters is 1. The Kier molecular flexibility index (Phi) is 8.62. The maximum absolute atomic E-state index is 11.9. The average molecular weight is 360 g/mol. The van der Waals surface area contributed by atoms with Crippen molar-refractivity contribution in [3.63, 3.8) is 0 Å². The fraction of sp³-hybridized carbons (Fsp3) is 0.619. The van der Waals surface area contributed by atoms with Gasteiger partial charge >= 0.3 is 5.97 Å². The molecule has 1 heterocycles. The lowest BCUT2D eigenvalue weighted by Gasteiger charge is -2.30. The van der Waals surface area contributed by atoms with Gasteiger partial charge in [-0.15, -0.1) is 0 Å². The smallest absolute Gasteiger partial charge is 0.310 e. The van der Waals surface area contributed by atoms with E-state index in [4.69, 9.17) is 9.57 Å². The monoisotopic (exact) mass is 360 g/mol. The van der Waals surface area contributed by atoms with Crippen molar-refractivity contribution >= 4 is 11.7 Å². The zero-order valence-electron chi connectivity index (χ0n) is 16.3. The summed E-state index contributed by atoms with van der Waals surface area (Å²) in [5.41, 5.74) is 2.10. The summed E-state index contributed by atoms with van der Waals surface area (Å²) < 4.78 is 5.15. The Balaban J connectivity index is 1.83. The van der Waals surface area contributed by atoms with Crippen molar-refractivity contribution < 1.29 is 14.4 Å². The molecule has 1 unspecified atom stereocenters. The molecule has 1 atom stereocenters. The van der Waals surface area contributed by atoms with Crippen molar-refractivity contribution in [2.45, 2.75) is 40.0 Å². The second-order valence-electron chi connectivity index (χ2n) is 7.23. The summed E-state index contributed by atoms with van der Waals surface area (Å²) in [5.74, 6) is 0.442. The zero-order chi connectivity index (χ0) is 18.8. The number of oxime groups is 1. The number of piperidine rings is 1. The van der Waals surface area contributed by atoms with Crippen LogP contribution in [0.25, 0.3) is 0 Å². The largest absolute Gasteiger partial charge is 0.466 e. The molecule has 1 saturated heterocycles. The van der Waals surface area contributed by atoms with Gasteiger partial charge in [0.05, 0.1) is 18.2 Å². The maximum Gasteiger partial charge on any atom is 0.310 e. The van der Waals surface area contributed by atoms with Crippen molar-refractivity contribution in [3.8, 4) is 0 Å². The number of carbonyl (C=O) groups is 1. The Labute approximate surface area is 157 Å². The van der Waals surface area contributed by atoms with Gasteiger partial charge in [0, 0.05) is 13.1 Å². The first-order valence-electron chi connectivity index (χ1n) is 9.73. The van der Waals surface area contributed by atoms with Crippen LogP contribution in [-0.2, 0) is 14.4 Å². The van der Waals surface area contributed by atoms with E-state index in [1.165, 1.54) is 0 Å². The van der Waals surface area contributed by atoms with Crippen molar-refractivity contribution in [3.05, 3.63) is 35.9 Å². The molecule has 0 aromatic heterocycles. The molecule has 144 valence electrons. The maximum atomic E-state index is 11.9. The van der Waals surface area contributed by atoms with Crippen molar-refractivity contribution in [1.29, 1.82) is 0 Å². The molecule has 0 bridgehead atoms. The van der Waals surface area contributed by atoms with E-state index >= 15 is 0 Å². The van der Waals surface area contributed by atoms with Crippen LogP contribution in [0.15, 0.2) is 35.5 Å². The molecule has 0 spiro atoms. The fourth-order valence-corrected chi connectivity index (χ4v) is 3.23. The average Bonchev–Trinajstić information content (AvgIpc) is 2.65. The summed E-state index contributed by atoms with van der Waals surface area (Å²) in [6, 6.07) is 10.2. The van der Waals surface area contributed by atoms with E-state index in [9.17, 15) is 4.79 Å². The minimum Gasteiger partial charge on any atom is -0.466 e. The second-order valence-corrected chi connectivity index (χ2v) is 7.23. The Bertz CT molecular complexity index is 572. The van der Waals surface area contributed by atoms with E-state index in [0.717, 1.165) is 50.2 Å². The molecule has 1 aliphatic rings. The van der Waals surface area contributed by atoms with Gasteiger partial charge in [-0.25, -0.2) is 0 Å². The third-order valence-electron chi connectivity index (χ3n) is 4.51. The Hall–Kier alpha value is -1.88. The lowest BCUT2D eigenvalue weighted by molar-refractivity contribution is -0.150. The molecule has 1 fully saturated rings. The van der Waals surface area contributed by atoms with Crippen LogP contribution in [-0.4, -0.2) is 49.4 Å². The first-order chi connectivity index (χ1) is 12.6. The van der Waals surface area contributed by atoms with E-state index in [1.54, 1.807) is 0 Å². The highest BCUT2D eigenvalue weighted by Crippen LogP contribution is 2.17. The highest BCUT2D eigenvalue weighted by Gasteiger charge is 2.26. The summed E-state index contributed by atoms with van der Waals surface area (Å²) in [6.07, 6.45) is 2.83. The number of likely N-dealkylation sites (tertiary alicyclic amines) is 1. The van der Waals surface area contributed by atoms with Crippen LogP contribution in [0.2, 0.25) is 0 Å². The van der Waals surface area contributed by atoms with Gasteiger partial charge < -0.3 is 9.57 Å². The number of hydrogen-bond acceptors (Lipinski definition) is 5. The predicted octanol–water partition coefficient (Wildman–Crippen LogP) is 3.73. The van der Waals surface area contributed by atoms with Gasteiger partial charge in [0.25, 0.3) is 0 Å². The van der Waals surface area contributed by atoms with Crippen LogP contribution in [0.5, 0.6) is 0 Å². The van der Waals surface area contributed by atoms with Gasteiger partial charge in [-0.3, -0.25) is 9.69 Å². The molecule has 2 rings (SSSR count). The lowest BCUT2D eigenvalue weighted by Crippen LogP contribution is -2.40. The SMILES string of the molecule is CCOC(=O)C1CCCN(CCON=C(CC(C)C)c2ccccc2)C1. The molecule has 0 N–H and O–H groups in total. The van der Waals surface area contributed by atoms with E-state index < -0.39 is 0 Å². The summed E-state index contributed by atoms with van der Waals surface area (Å²) >= 11 is 0. The van der Waals surface area contributed by atoms with Crippen LogP contribution >= 0.6 is 0 Å². The third-order valence-corrected chi connectivity index (χ3v) is 4.51. The molecule has 26 heavy (non-hydrogen) atoms. The topological polar surface area (TPSA) is 51.1 Å². The van der Waals surface area contributed by atoms with Crippen LogP contribution in [0.1, 0.15) is 45.6 Å². The fourth-order valence-electron chi connectivity index (χ4n) is 3.23. The molecule has 5 heteroatoms. The first kappa shape index (κ1) is 20.4. The molecular weight excluding hydrogens is 328 g/mol. The van der Waals surface area contributed by atoms with Gasteiger partial charge in [0.2, 0.25) is 0 Å². The predicted molar refractivity (Wildman–Crippen MR) is 104 cm³/mol. The summed E-state index contributed by atoms with van der Waals surface area (Å²) in [5, 5.41) is 4.40. The quantitative estimate of drug-likeness (QED) is 0.291. The number of hydrogen-bond donors (Lipinski definition) is 0. The van der Waals surface area contributed by atoms with Gasteiger partial charge in [-0.2, -0.15) is 0 Å². The van der Waals surface area contributed by atoms with Gasteiger partial charge in [0.1, 0.15) is 6.61 Å². The van der Waals surface area contributed by atoms with Crippen LogP contribution in [0, 0.1) is 11.8 Å². The Morgan fingerprint density at radius 1 is 1.31 bits per heavy atom. The Morgan fingerprint density at radius 2 is 2.08 bits per heavy atom. The second kappa shape index (κ2) is 11.0. The molecular formula is C21H32N2O3. The molecule has 0 radical (unpaired) electrons. The molecule has 0 saturated carbocycles. The summed E-state index contributed by atoms with van der Waals surface area (Å²) in [7, 11) is 0. The van der Waals surface area contributed by atoms with E-state index in [1.807, 2.05) is 25.1 Å². The number of nitrogens with zero attached hydrogens (tertiary/aromatic N) is 2. The minimum atomic E-state index is -0.0700. The van der Waals surface area contributed by atoms with E-state index in [-0.39, 0.29) is 11.9 Å². The van der Waals surface area contributed by atoms with Crippen LogP contribution in [0.4, 0.5) is 0 Å². The van der Waals surface area contributed by atoms with E-state index in [2.05, 4.69) is 36.0 Å². The summed E-state index contributed by atoms with van der Waals surface area (Å²) in [6.45, 7) is 9.73. The standard InChI is InChI=1S/C21H32N2O3/c1-4-25-21(24)19-11-8-12-23(16-19)13-14-26-22-20(15-17(2)3)18-9-6-5-7-10-18/h5-7,9-10,17,19H,4,8,11-16H2,1-3H3. The van der Waals surface area contributed by atoms with Crippen LogP contribution < -0.4 is 0 Å². The molecule has 0 amide bonds. The minimum absolute atomic E-state index is 0.00646. The van der Waals surface area contributed by atoms with Gasteiger partial charge in [-0.05, 0) is 44.2 Å². The number of carbonyl (C=O) groups excluding carboxylic acids is 1. The highest BCUT2D eigenvalue weighted by molar-refractivity contribution is 6.00. The van der Waals surface area contributed by atoms with Gasteiger partial charge in [-0.1, -0.05) is 49.3 Å². The molecule has 1 aromatic rings. The van der Waals surface area contributed by atoms with E-state index in [0.29, 0.717) is 19.1 Å². The highest BCUT2D eigenvalue weighted by atomic mass is 16.6. The Morgan fingerprint density at radius 3 is 2.77 bits per heavy atom. The number of ether oxygens (including phenoxy) is 1. The van der Waals surface area contributed by atoms with Gasteiger partial charge in [0.15, 0.2) is 0 Å². The normalized spacial score (nSPS) is 18.8. The molecule has 1 aliphatic heterocycles. The zero-order valence-corrected chi connectivity index (χ0v) is 16.3. The molecule has 5 nitrogen and oxygen atoms in total. The molecule has 0 aliphatic carbocycles. The van der Waals surface area contributed by atoms with Crippen molar-refractivity contribution in [2.24, 2.45) is 17.0 Å². The number of rotatable bonds is 9. The van der Waals surface area contributed by atoms with Crippen molar-refractivity contribution in [2.75, 3.05) is 32.8 Å². The third kappa shape index (κ3) is 6.79. The summed E-state index contributed by atoms with van der Waals surface area (Å²) in [4.78, 5) is 19.8. The number of benzene rings is 1. The van der Waals surface area contributed by atoms with Crippen molar-refractivity contribution in [1.82, 2.24) is 4.90 Å². The molecule has 1 aromatic carbocycles. The lowest BCUT2D eigenvalue weighted by atomic mass is 9.98. The van der Waals surface area contributed by atoms with Crippen LogP contribution in [0.3, 0.4) is 0 Å².